The van der Waals surface area contributed by atoms with Gasteiger partial charge in [-0.15, -0.1) is 0 Å². The number of rotatable bonds is 3. The van der Waals surface area contributed by atoms with Crippen LogP contribution in [0.1, 0.15) is 53.4 Å². The molecule has 0 N–H and O–H groups in total. The van der Waals surface area contributed by atoms with Gasteiger partial charge in [-0.1, -0.05) is 13.8 Å². The molecule has 0 bridgehead atoms. The predicted molar refractivity (Wildman–Crippen MR) is 107 cm³/mol. The molecule has 2 saturated heterocycles. The molecule has 0 unspecified atom stereocenters. The Balaban J connectivity index is 1.40. The van der Waals surface area contributed by atoms with Gasteiger partial charge in [-0.3, -0.25) is 9.80 Å². The minimum Gasteiger partial charge on any atom is -0.322 e. The summed E-state index contributed by atoms with van der Waals surface area (Å²) in [5.41, 5.74) is 0. The quantitative estimate of drug-likeness (QED) is 0.771. The zero-order valence-corrected chi connectivity index (χ0v) is 17.5. The summed E-state index contributed by atoms with van der Waals surface area (Å²) < 4.78 is 0. The molecular weight excluding hydrogens is 324 g/mol. The van der Waals surface area contributed by atoms with Gasteiger partial charge in [0, 0.05) is 64.4 Å². The van der Waals surface area contributed by atoms with Crippen molar-refractivity contribution in [1.29, 1.82) is 0 Å². The molecule has 0 aromatic carbocycles. The molecule has 0 atom stereocenters. The fraction of sp³-hybridized carbons (Fsp3) is 0.952. The second-order valence-electron chi connectivity index (χ2n) is 9.23. The van der Waals surface area contributed by atoms with Gasteiger partial charge in [0.2, 0.25) is 0 Å². The van der Waals surface area contributed by atoms with Crippen LogP contribution in [-0.4, -0.2) is 90.1 Å². The van der Waals surface area contributed by atoms with Gasteiger partial charge < -0.3 is 9.80 Å². The molecule has 3 rings (SSSR count). The third-order valence-electron chi connectivity index (χ3n) is 7.10. The normalized spacial score (nSPS) is 29.6. The van der Waals surface area contributed by atoms with E-state index in [4.69, 9.17) is 0 Å². The Bertz CT molecular complexity index is 443. The average molecular weight is 365 g/mol. The molecular formula is C21H40N4O. The van der Waals surface area contributed by atoms with Crippen LogP contribution in [0.2, 0.25) is 0 Å². The first-order valence-corrected chi connectivity index (χ1v) is 11.0. The van der Waals surface area contributed by atoms with Crippen LogP contribution in [0.15, 0.2) is 0 Å². The fourth-order valence-corrected chi connectivity index (χ4v) is 5.04. The number of hydrogen-bond acceptors (Lipinski definition) is 3. The molecule has 0 spiro atoms. The van der Waals surface area contributed by atoms with Crippen molar-refractivity contribution < 1.29 is 4.79 Å². The zero-order valence-electron chi connectivity index (χ0n) is 17.5. The summed E-state index contributed by atoms with van der Waals surface area (Å²) in [6.07, 6.45) is 5.49. The lowest BCUT2D eigenvalue weighted by Crippen LogP contribution is -2.58. The molecule has 150 valence electrons. The average Bonchev–Trinajstić information content (AvgIpc) is 2.67. The Kier molecular flexibility index (Phi) is 6.84. The smallest absolute Gasteiger partial charge is 0.320 e. The van der Waals surface area contributed by atoms with Crippen molar-refractivity contribution in [3.05, 3.63) is 0 Å². The van der Waals surface area contributed by atoms with Gasteiger partial charge in [0.05, 0.1) is 0 Å². The minimum atomic E-state index is 0.275. The Labute approximate surface area is 160 Å². The predicted octanol–water partition coefficient (Wildman–Crippen LogP) is 2.96. The van der Waals surface area contributed by atoms with Crippen molar-refractivity contribution in [3.63, 3.8) is 0 Å². The van der Waals surface area contributed by atoms with E-state index in [1.807, 2.05) is 0 Å². The lowest BCUT2D eigenvalue weighted by molar-refractivity contribution is 0.0568. The van der Waals surface area contributed by atoms with Crippen LogP contribution in [0.5, 0.6) is 0 Å². The highest BCUT2D eigenvalue weighted by Crippen LogP contribution is 2.32. The maximum Gasteiger partial charge on any atom is 0.320 e. The van der Waals surface area contributed by atoms with Crippen LogP contribution in [0.25, 0.3) is 0 Å². The largest absolute Gasteiger partial charge is 0.322 e. The van der Waals surface area contributed by atoms with Crippen molar-refractivity contribution in [1.82, 2.24) is 19.6 Å². The van der Waals surface area contributed by atoms with Gasteiger partial charge >= 0.3 is 6.03 Å². The van der Waals surface area contributed by atoms with E-state index < -0.39 is 0 Å². The van der Waals surface area contributed by atoms with Gasteiger partial charge in [0.15, 0.2) is 0 Å². The first-order chi connectivity index (χ1) is 12.5. The highest BCUT2D eigenvalue weighted by atomic mass is 16.2. The monoisotopic (exact) mass is 364 g/mol. The van der Waals surface area contributed by atoms with E-state index in [9.17, 15) is 4.79 Å². The minimum absolute atomic E-state index is 0.275. The summed E-state index contributed by atoms with van der Waals surface area (Å²) in [6.45, 7) is 17.0. The van der Waals surface area contributed by atoms with Gasteiger partial charge in [-0.2, -0.15) is 0 Å². The molecule has 0 radical (unpaired) electrons. The molecule has 0 aromatic rings. The molecule has 0 aromatic heterocycles. The molecule has 1 saturated carbocycles. The van der Waals surface area contributed by atoms with Gasteiger partial charge in [-0.25, -0.2) is 4.79 Å². The standard InChI is InChI=1S/C21H40N4O/c1-17(2)19-5-7-20(8-6-19)23-11-15-25(16-12-23)21(26)24-13-9-22(10-14-24)18(3)4/h17-20H,5-16H2,1-4H3. The van der Waals surface area contributed by atoms with Crippen molar-refractivity contribution in [2.24, 2.45) is 11.8 Å². The van der Waals surface area contributed by atoms with Crippen LogP contribution >= 0.6 is 0 Å². The first kappa shape index (κ1) is 19.9. The molecule has 3 aliphatic rings. The molecule has 5 nitrogen and oxygen atoms in total. The molecule has 2 amide bonds. The van der Waals surface area contributed by atoms with E-state index in [-0.39, 0.29) is 6.03 Å². The third-order valence-corrected chi connectivity index (χ3v) is 7.10. The number of nitrogens with zero attached hydrogens (tertiary/aromatic N) is 4. The number of carbonyl (C=O) groups excluding carboxylic acids is 1. The van der Waals surface area contributed by atoms with Crippen LogP contribution in [-0.2, 0) is 0 Å². The summed E-state index contributed by atoms with van der Waals surface area (Å²) in [5.74, 6) is 1.76. The van der Waals surface area contributed by atoms with Gasteiger partial charge in [0.25, 0.3) is 0 Å². The second-order valence-corrected chi connectivity index (χ2v) is 9.23. The Morgan fingerprint density at radius 3 is 1.69 bits per heavy atom. The highest BCUT2D eigenvalue weighted by molar-refractivity contribution is 5.74. The number of amides is 2. The number of hydrogen-bond donors (Lipinski definition) is 0. The van der Waals surface area contributed by atoms with Crippen molar-refractivity contribution >= 4 is 6.03 Å². The maximum atomic E-state index is 12.8. The van der Waals surface area contributed by atoms with E-state index in [2.05, 4.69) is 47.3 Å². The topological polar surface area (TPSA) is 30.0 Å². The van der Waals surface area contributed by atoms with E-state index in [0.717, 1.165) is 70.2 Å². The summed E-state index contributed by atoms with van der Waals surface area (Å²) in [5, 5.41) is 0. The number of carbonyl (C=O) groups is 1. The number of urea groups is 1. The van der Waals surface area contributed by atoms with Crippen molar-refractivity contribution in [2.45, 2.75) is 65.5 Å². The second kappa shape index (κ2) is 8.92. The van der Waals surface area contributed by atoms with Crippen LogP contribution in [0, 0.1) is 11.8 Å². The SMILES string of the molecule is CC(C)C1CCC(N2CCN(C(=O)N3CCN(C(C)C)CC3)CC2)CC1. The first-order valence-electron chi connectivity index (χ1n) is 11.0. The Hall–Kier alpha value is -0.810. The van der Waals surface area contributed by atoms with Gasteiger partial charge in [0.1, 0.15) is 0 Å². The van der Waals surface area contributed by atoms with E-state index >= 15 is 0 Å². The van der Waals surface area contributed by atoms with E-state index in [0.29, 0.717) is 6.04 Å². The van der Waals surface area contributed by atoms with Crippen LogP contribution in [0.3, 0.4) is 0 Å². The van der Waals surface area contributed by atoms with Crippen molar-refractivity contribution in [3.8, 4) is 0 Å². The summed E-state index contributed by atoms with van der Waals surface area (Å²) in [4.78, 5) is 22.1. The molecule has 1 aliphatic carbocycles. The lowest BCUT2D eigenvalue weighted by Gasteiger charge is -2.44. The molecule has 2 heterocycles. The molecule has 2 aliphatic heterocycles. The fourth-order valence-electron chi connectivity index (χ4n) is 5.04. The lowest BCUT2D eigenvalue weighted by atomic mass is 9.79. The highest BCUT2D eigenvalue weighted by Gasteiger charge is 2.32. The van der Waals surface area contributed by atoms with Crippen LogP contribution in [0.4, 0.5) is 4.79 Å². The maximum absolute atomic E-state index is 12.8. The van der Waals surface area contributed by atoms with E-state index in [1.165, 1.54) is 25.7 Å². The number of piperazine rings is 2. The summed E-state index contributed by atoms with van der Waals surface area (Å²) in [7, 11) is 0. The van der Waals surface area contributed by atoms with Crippen LogP contribution < -0.4 is 0 Å². The third kappa shape index (κ3) is 4.72. The Morgan fingerprint density at radius 1 is 0.731 bits per heavy atom. The summed E-state index contributed by atoms with van der Waals surface area (Å²) in [6, 6.07) is 1.62. The molecule has 26 heavy (non-hydrogen) atoms. The Morgan fingerprint density at radius 2 is 1.23 bits per heavy atom. The van der Waals surface area contributed by atoms with E-state index in [1.54, 1.807) is 0 Å². The molecule has 3 fully saturated rings. The van der Waals surface area contributed by atoms with Crippen molar-refractivity contribution in [2.75, 3.05) is 52.4 Å². The summed E-state index contributed by atoms with van der Waals surface area (Å²) >= 11 is 0. The molecule has 5 heteroatoms. The zero-order chi connectivity index (χ0) is 18.7. The van der Waals surface area contributed by atoms with Gasteiger partial charge in [-0.05, 0) is 51.4 Å².